The van der Waals surface area contributed by atoms with Gasteiger partial charge in [0.1, 0.15) is 0 Å². The van der Waals surface area contributed by atoms with Crippen LogP contribution in [0.5, 0.6) is 0 Å². The van der Waals surface area contributed by atoms with E-state index in [4.69, 9.17) is 9.84 Å². The van der Waals surface area contributed by atoms with Crippen molar-refractivity contribution in [3.05, 3.63) is 35.9 Å². The summed E-state index contributed by atoms with van der Waals surface area (Å²) < 4.78 is 5.14. The summed E-state index contributed by atoms with van der Waals surface area (Å²) in [5, 5.41) is 8.96. The van der Waals surface area contributed by atoms with Crippen LogP contribution in [0, 0.1) is 5.92 Å². The highest BCUT2D eigenvalue weighted by molar-refractivity contribution is 5.84. The zero-order valence-electron chi connectivity index (χ0n) is 11.1. The van der Waals surface area contributed by atoms with Gasteiger partial charge in [-0.1, -0.05) is 30.3 Å². The van der Waals surface area contributed by atoms with E-state index in [1.807, 2.05) is 30.3 Å². The Morgan fingerprint density at radius 1 is 1.25 bits per heavy atom. The first-order chi connectivity index (χ1) is 9.66. The van der Waals surface area contributed by atoms with Crippen LogP contribution >= 0.6 is 0 Å². The highest BCUT2D eigenvalue weighted by atomic mass is 16.5. The van der Waals surface area contributed by atoms with Crippen molar-refractivity contribution in [1.29, 1.82) is 0 Å². The van der Waals surface area contributed by atoms with Gasteiger partial charge in [0.2, 0.25) is 5.91 Å². The SMILES string of the molecule is O=C(O)C1CN(C(=O)C2CC2c2ccccc2)CCO1. The highest BCUT2D eigenvalue weighted by Crippen LogP contribution is 2.48. The van der Waals surface area contributed by atoms with E-state index in [2.05, 4.69) is 0 Å². The van der Waals surface area contributed by atoms with Gasteiger partial charge in [-0.2, -0.15) is 0 Å². The predicted molar refractivity (Wildman–Crippen MR) is 71.2 cm³/mol. The zero-order valence-corrected chi connectivity index (χ0v) is 11.1. The fraction of sp³-hybridized carbons (Fsp3) is 0.467. The number of nitrogens with zero attached hydrogens (tertiary/aromatic N) is 1. The molecule has 3 atom stereocenters. The number of benzene rings is 1. The lowest BCUT2D eigenvalue weighted by atomic mass is 10.1. The molecule has 5 nitrogen and oxygen atoms in total. The Kier molecular flexibility index (Phi) is 3.44. The van der Waals surface area contributed by atoms with Crippen LogP contribution in [0.4, 0.5) is 0 Å². The smallest absolute Gasteiger partial charge is 0.334 e. The van der Waals surface area contributed by atoms with Gasteiger partial charge in [-0.05, 0) is 17.9 Å². The molecule has 1 saturated carbocycles. The minimum Gasteiger partial charge on any atom is -0.479 e. The molecule has 2 aliphatic rings. The Bertz CT molecular complexity index is 516. The number of amides is 1. The number of morpholine rings is 1. The molecule has 1 aromatic carbocycles. The summed E-state index contributed by atoms with van der Waals surface area (Å²) in [7, 11) is 0. The molecule has 1 amide bonds. The molecule has 5 heteroatoms. The highest BCUT2D eigenvalue weighted by Gasteiger charge is 2.46. The lowest BCUT2D eigenvalue weighted by Gasteiger charge is -2.31. The minimum absolute atomic E-state index is 0.00458. The number of ether oxygens (including phenoxy) is 1. The maximum absolute atomic E-state index is 12.4. The van der Waals surface area contributed by atoms with Gasteiger partial charge in [-0.15, -0.1) is 0 Å². The summed E-state index contributed by atoms with van der Waals surface area (Å²) in [5.41, 5.74) is 1.19. The van der Waals surface area contributed by atoms with Gasteiger partial charge < -0.3 is 14.7 Å². The third-order valence-electron chi connectivity index (χ3n) is 3.99. The minimum atomic E-state index is -1.00. The Labute approximate surface area is 117 Å². The second-order valence-corrected chi connectivity index (χ2v) is 5.34. The number of carbonyl (C=O) groups is 2. The molecular formula is C15H17NO4. The quantitative estimate of drug-likeness (QED) is 0.897. The molecule has 1 heterocycles. The van der Waals surface area contributed by atoms with Gasteiger partial charge in [-0.25, -0.2) is 4.79 Å². The van der Waals surface area contributed by atoms with Crippen molar-refractivity contribution in [2.45, 2.75) is 18.4 Å². The van der Waals surface area contributed by atoms with E-state index in [-0.39, 0.29) is 24.3 Å². The third kappa shape index (κ3) is 2.54. The summed E-state index contributed by atoms with van der Waals surface area (Å²) in [5.74, 6) is -0.647. The summed E-state index contributed by atoms with van der Waals surface area (Å²) >= 11 is 0. The summed E-state index contributed by atoms with van der Waals surface area (Å²) in [6.45, 7) is 0.943. The van der Waals surface area contributed by atoms with Gasteiger partial charge in [0, 0.05) is 12.5 Å². The molecule has 1 aliphatic heterocycles. The lowest BCUT2D eigenvalue weighted by Crippen LogP contribution is -2.49. The first kappa shape index (κ1) is 13.1. The van der Waals surface area contributed by atoms with Gasteiger partial charge in [0.25, 0.3) is 0 Å². The summed E-state index contributed by atoms with van der Waals surface area (Å²) in [6.07, 6.45) is -0.0283. The number of carboxylic acids is 1. The van der Waals surface area contributed by atoms with Crippen molar-refractivity contribution in [2.75, 3.05) is 19.7 Å². The molecule has 0 bridgehead atoms. The van der Waals surface area contributed by atoms with Crippen molar-refractivity contribution in [1.82, 2.24) is 4.90 Å². The maximum atomic E-state index is 12.4. The Morgan fingerprint density at radius 3 is 2.70 bits per heavy atom. The average molecular weight is 275 g/mol. The lowest BCUT2D eigenvalue weighted by molar-refractivity contribution is -0.159. The molecule has 1 aromatic rings. The fourth-order valence-electron chi connectivity index (χ4n) is 2.77. The van der Waals surface area contributed by atoms with Crippen LogP contribution in [-0.2, 0) is 14.3 Å². The molecule has 106 valence electrons. The Hall–Kier alpha value is -1.88. The van der Waals surface area contributed by atoms with Crippen molar-refractivity contribution in [3.8, 4) is 0 Å². The Morgan fingerprint density at radius 2 is 2.00 bits per heavy atom. The van der Waals surface area contributed by atoms with Crippen molar-refractivity contribution in [3.63, 3.8) is 0 Å². The molecule has 0 spiro atoms. The van der Waals surface area contributed by atoms with Crippen LogP contribution < -0.4 is 0 Å². The number of hydrogen-bond donors (Lipinski definition) is 1. The topological polar surface area (TPSA) is 66.8 Å². The van der Waals surface area contributed by atoms with Crippen LogP contribution in [0.15, 0.2) is 30.3 Å². The van der Waals surface area contributed by atoms with E-state index in [0.29, 0.717) is 13.2 Å². The van der Waals surface area contributed by atoms with Crippen LogP contribution in [0.25, 0.3) is 0 Å². The number of carbonyl (C=O) groups excluding carboxylic acids is 1. The predicted octanol–water partition coefficient (Wildman–Crippen LogP) is 1.10. The molecule has 3 unspecified atom stereocenters. The van der Waals surface area contributed by atoms with Crippen molar-refractivity contribution in [2.24, 2.45) is 5.92 Å². The zero-order chi connectivity index (χ0) is 14.1. The van der Waals surface area contributed by atoms with E-state index in [1.165, 1.54) is 5.56 Å². The standard InChI is InChI=1S/C15H17NO4/c17-14(16-6-7-20-13(9-16)15(18)19)12-8-11(12)10-4-2-1-3-5-10/h1-5,11-13H,6-9H2,(H,18,19). The number of hydrogen-bond acceptors (Lipinski definition) is 3. The molecule has 1 N–H and O–H groups in total. The van der Waals surface area contributed by atoms with Gasteiger partial charge in [-0.3, -0.25) is 4.79 Å². The molecule has 1 saturated heterocycles. The number of carboxylic acid groups (broad SMARTS) is 1. The van der Waals surface area contributed by atoms with E-state index in [1.54, 1.807) is 4.90 Å². The molecule has 2 fully saturated rings. The van der Waals surface area contributed by atoms with Crippen LogP contribution in [-0.4, -0.2) is 47.7 Å². The van der Waals surface area contributed by atoms with Crippen molar-refractivity contribution >= 4 is 11.9 Å². The number of aliphatic carboxylic acids is 1. The number of rotatable bonds is 3. The van der Waals surface area contributed by atoms with Gasteiger partial charge in [0.15, 0.2) is 6.10 Å². The largest absolute Gasteiger partial charge is 0.479 e. The molecule has 3 rings (SSSR count). The Balaban J connectivity index is 1.62. The van der Waals surface area contributed by atoms with E-state index in [9.17, 15) is 9.59 Å². The van der Waals surface area contributed by atoms with E-state index in [0.717, 1.165) is 6.42 Å². The first-order valence-corrected chi connectivity index (χ1v) is 6.85. The van der Waals surface area contributed by atoms with E-state index < -0.39 is 12.1 Å². The average Bonchev–Trinajstić information content (AvgIpc) is 3.28. The fourth-order valence-corrected chi connectivity index (χ4v) is 2.77. The van der Waals surface area contributed by atoms with Crippen LogP contribution in [0.1, 0.15) is 17.9 Å². The summed E-state index contributed by atoms with van der Waals surface area (Å²) in [4.78, 5) is 25.0. The molecule has 20 heavy (non-hydrogen) atoms. The monoisotopic (exact) mass is 275 g/mol. The molecule has 0 aromatic heterocycles. The van der Waals surface area contributed by atoms with Gasteiger partial charge >= 0.3 is 5.97 Å². The first-order valence-electron chi connectivity index (χ1n) is 6.85. The summed E-state index contributed by atoms with van der Waals surface area (Å²) in [6, 6.07) is 9.99. The van der Waals surface area contributed by atoms with Crippen LogP contribution in [0.3, 0.4) is 0 Å². The molecular weight excluding hydrogens is 258 g/mol. The normalized spacial score (nSPS) is 29.0. The molecule has 0 radical (unpaired) electrons. The van der Waals surface area contributed by atoms with E-state index >= 15 is 0 Å². The third-order valence-corrected chi connectivity index (χ3v) is 3.99. The second kappa shape index (κ2) is 5.25. The maximum Gasteiger partial charge on any atom is 0.334 e. The van der Waals surface area contributed by atoms with Crippen LogP contribution in [0.2, 0.25) is 0 Å². The second-order valence-electron chi connectivity index (χ2n) is 5.34. The van der Waals surface area contributed by atoms with Gasteiger partial charge in [0.05, 0.1) is 13.2 Å². The molecule has 1 aliphatic carbocycles. The van der Waals surface area contributed by atoms with Crippen molar-refractivity contribution < 1.29 is 19.4 Å².